The third kappa shape index (κ3) is 2.67. The fourth-order valence-corrected chi connectivity index (χ4v) is 1.43. The van der Waals surface area contributed by atoms with Gasteiger partial charge in [0.15, 0.2) is 0 Å². The van der Waals surface area contributed by atoms with E-state index in [1.807, 2.05) is 6.07 Å². The smallest absolute Gasteiger partial charge is 0.212 e. The van der Waals surface area contributed by atoms with Gasteiger partial charge in [-0.2, -0.15) is 0 Å². The molecule has 2 aromatic heterocycles. The molecule has 0 aliphatic rings. The summed E-state index contributed by atoms with van der Waals surface area (Å²) >= 11 is 5.77. The summed E-state index contributed by atoms with van der Waals surface area (Å²) < 4.78 is 4.98. The molecule has 82 valence electrons. The molecule has 0 atom stereocenters. The lowest BCUT2D eigenvalue weighted by molar-refractivity contribution is 0.397. The third-order valence-electron chi connectivity index (χ3n) is 2.04. The second-order valence-corrected chi connectivity index (χ2v) is 3.57. The zero-order chi connectivity index (χ0) is 11.4. The number of ether oxygens (including phenoxy) is 1. The van der Waals surface area contributed by atoms with Crippen molar-refractivity contribution in [2.45, 2.75) is 6.42 Å². The summed E-state index contributed by atoms with van der Waals surface area (Å²) in [5, 5.41) is 0.450. The van der Waals surface area contributed by atoms with E-state index >= 15 is 0 Å². The zero-order valence-electron chi connectivity index (χ0n) is 8.72. The molecule has 16 heavy (non-hydrogen) atoms. The van der Waals surface area contributed by atoms with Crippen LogP contribution in [-0.4, -0.2) is 22.1 Å². The Bertz CT molecular complexity index is 473. The Morgan fingerprint density at radius 3 is 2.75 bits per heavy atom. The minimum absolute atomic E-state index is 0.450. The van der Waals surface area contributed by atoms with Gasteiger partial charge in [0.05, 0.1) is 7.11 Å². The Morgan fingerprint density at radius 2 is 2.12 bits per heavy atom. The van der Waals surface area contributed by atoms with Crippen LogP contribution in [-0.2, 0) is 6.42 Å². The van der Waals surface area contributed by atoms with Gasteiger partial charge >= 0.3 is 0 Å². The van der Waals surface area contributed by atoms with E-state index in [0.717, 1.165) is 5.56 Å². The summed E-state index contributed by atoms with van der Waals surface area (Å²) in [6.45, 7) is 0. The molecule has 0 aliphatic carbocycles. The van der Waals surface area contributed by atoms with Gasteiger partial charge in [0, 0.05) is 24.9 Å². The molecule has 0 spiro atoms. The maximum Gasteiger partial charge on any atom is 0.212 e. The van der Waals surface area contributed by atoms with Crippen LogP contribution in [0.15, 0.2) is 30.6 Å². The number of hydrogen-bond acceptors (Lipinski definition) is 4. The average Bonchev–Trinajstić information content (AvgIpc) is 2.30. The first-order chi connectivity index (χ1) is 7.78. The molecule has 5 heteroatoms. The highest BCUT2D eigenvalue weighted by Gasteiger charge is 2.01. The fraction of sp³-hybridized carbons (Fsp3) is 0.182. The predicted molar refractivity (Wildman–Crippen MR) is 60.6 cm³/mol. The number of halogens is 1. The van der Waals surface area contributed by atoms with Crippen LogP contribution in [0.1, 0.15) is 11.4 Å². The monoisotopic (exact) mass is 235 g/mol. The van der Waals surface area contributed by atoms with Gasteiger partial charge in [-0.1, -0.05) is 17.7 Å². The molecule has 0 N–H and O–H groups in total. The second-order valence-electron chi connectivity index (χ2n) is 3.18. The summed E-state index contributed by atoms with van der Waals surface area (Å²) in [6, 6.07) is 5.38. The van der Waals surface area contributed by atoms with Crippen LogP contribution in [0.2, 0.25) is 5.15 Å². The third-order valence-corrected chi connectivity index (χ3v) is 2.25. The standard InChI is InChI=1S/C11H10ClN3O/c1-16-11-3-2-8(7-14-11)6-10-13-5-4-9(12)15-10/h2-5,7H,6H2,1H3. The van der Waals surface area contributed by atoms with E-state index < -0.39 is 0 Å². The minimum Gasteiger partial charge on any atom is -0.481 e. The highest BCUT2D eigenvalue weighted by molar-refractivity contribution is 6.29. The maximum absolute atomic E-state index is 5.77. The van der Waals surface area contributed by atoms with Gasteiger partial charge in [-0.05, 0) is 11.6 Å². The molecule has 0 radical (unpaired) electrons. The van der Waals surface area contributed by atoms with Crippen LogP contribution in [0, 0.1) is 0 Å². The molecular weight excluding hydrogens is 226 g/mol. The first kappa shape index (κ1) is 10.8. The van der Waals surface area contributed by atoms with E-state index in [4.69, 9.17) is 16.3 Å². The minimum atomic E-state index is 0.450. The van der Waals surface area contributed by atoms with Crippen molar-refractivity contribution in [3.8, 4) is 5.88 Å². The van der Waals surface area contributed by atoms with Crippen molar-refractivity contribution < 1.29 is 4.74 Å². The Labute approximate surface area is 98.3 Å². The molecular formula is C11H10ClN3O. The van der Waals surface area contributed by atoms with Crippen LogP contribution in [0.4, 0.5) is 0 Å². The molecule has 0 aliphatic heterocycles. The molecule has 2 aromatic rings. The molecule has 0 unspecified atom stereocenters. The van der Waals surface area contributed by atoms with Crippen LogP contribution in [0.3, 0.4) is 0 Å². The topological polar surface area (TPSA) is 47.9 Å². The highest BCUT2D eigenvalue weighted by atomic mass is 35.5. The van der Waals surface area contributed by atoms with Crippen LogP contribution >= 0.6 is 11.6 Å². The number of rotatable bonds is 3. The summed E-state index contributed by atoms with van der Waals surface area (Å²) in [5.74, 6) is 1.27. The van der Waals surface area contributed by atoms with Crippen molar-refractivity contribution in [3.05, 3.63) is 47.1 Å². The van der Waals surface area contributed by atoms with Crippen LogP contribution < -0.4 is 4.74 Å². The summed E-state index contributed by atoms with van der Waals surface area (Å²) in [7, 11) is 1.59. The zero-order valence-corrected chi connectivity index (χ0v) is 9.48. The van der Waals surface area contributed by atoms with Crippen LogP contribution in [0.25, 0.3) is 0 Å². The number of hydrogen-bond donors (Lipinski definition) is 0. The van der Waals surface area contributed by atoms with Crippen LogP contribution in [0.5, 0.6) is 5.88 Å². The molecule has 0 fully saturated rings. The molecule has 2 rings (SSSR count). The molecule has 0 saturated heterocycles. The van der Waals surface area contributed by atoms with Gasteiger partial charge in [-0.25, -0.2) is 15.0 Å². The predicted octanol–water partition coefficient (Wildman–Crippen LogP) is 2.12. The van der Waals surface area contributed by atoms with E-state index in [1.165, 1.54) is 0 Å². The van der Waals surface area contributed by atoms with Crippen molar-refractivity contribution in [2.24, 2.45) is 0 Å². The van der Waals surface area contributed by atoms with Gasteiger partial charge < -0.3 is 4.74 Å². The summed E-state index contributed by atoms with van der Waals surface area (Å²) in [6.07, 6.45) is 3.99. The normalized spacial score (nSPS) is 10.1. The van der Waals surface area contributed by atoms with Crippen molar-refractivity contribution >= 4 is 11.6 Å². The summed E-state index contributed by atoms with van der Waals surface area (Å²) in [4.78, 5) is 12.3. The molecule has 0 amide bonds. The Morgan fingerprint density at radius 1 is 1.25 bits per heavy atom. The Hall–Kier alpha value is -1.68. The Balaban J connectivity index is 2.14. The Kier molecular flexibility index (Phi) is 3.31. The van der Waals surface area contributed by atoms with Crippen molar-refractivity contribution in [1.82, 2.24) is 15.0 Å². The molecule has 4 nitrogen and oxygen atoms in total. The lowest BCUT2D eigenvalue weighted by Crippen LogP contribution is -1.97. The quantitative estimate of drug-likeness (QED) is 0.765. The van der Waals surface area contributed by atoms with Gasteiger partial charge in [0.1, 0.15) is 11.0 Å². The van der Waals surface area contributed by atoms with E-state index in [-0.39, 0.29) is 0 Å². The van der Waals surface area contributed by atoms with Gasteiger partial charge in [0.25, 0.3) is 0 Å². The number of pyridine rings is 1. The van der Waals surface area contributed by atoms with E-state index in [1.54, 1.807) is 31.6 Å². The van der Waals surface area contributed by atoms with E-state index in [2.05, 4.69) is 15.0 Å². The van der Waals surface area contributed by atoms with Gasteiger partial charge in [-0.3, -0.25) is 0 Å². The van der Waals surface area contributed by atoms with Gasteiger partial charge in [0.2, 0.25) is 5.88 Å². The lowest BCUT2D eigenvalue weighted by Gasteiger charge is -2.02. The molecule has 0 bridgehead atoms. The largest absolute Gasteiger partial charge is 0.481 e. The first-order valence-electron chi connectivity index (χ1n) is 4.74. The molecule has 2 heterocycles. The average molecular weight is 236 g/mol. The van der Waals surface area contributed by atoms with Crippen molar-refractivity contribution in [3.63, 3.8) is 0 Å². The number of nitrogens with zero attached hydrogens (tertiary/aromatic N) is 3. The number of aromatic nitrogens is 3. The fourth-order valence-electron chi connectivity index (χ4n) is 1.28. The summed E-state index contributed by atoms with van der Waals surface area (Å²) in [5.41, 5.74) is 1.02. The highest BCUT2D eigenvalue weighted by Crippen LogP contribution is 2.10. The maximum atomic E-state index is 5.77. The van der Waals surface area contributed by atoms with E-state index in [0.29, 0.717) is 23.3 Å². The SMILES string of the molecule is COc1ccc(Cc2nccc(Cl)n2)cn1. The first-order valence-corrected chi connectivity index (χ1v) is 5.12. The number of methoxy groups -OCH3 is 1. The van der Waals surface area contributed by atoms with E-state index in [9.17, 15) is 0 Å². The lowest BCUT2D eigenvalue weighted by atomic mass is 10.2. The van der Waals surface area contributed by atoms with Crippen molar-refractivity contribution in [2.75, 3.05) is 7.11 Å². The molecule has 0 aromatic carbocycles. The second kappa shape index (κ2) is 4.90. The van der Waals surface area contributed by atoms with Gasteiger partial charge in [-0.15, -0.1) is 0 Å². The molecule has 0 saturated carbocycles. The van der Waals surface area contributed by atoms with Crippen molar-refractivity contribution in [1.29, 1.82) is 0 Å².